The molecule has 0 unspecified atom stereocenters. The first-order chi connectivity index (χ1) is 10.1. The number of aliphatic hydroxyl groups excluding tert-OH is 1. The number of ether oxygens (including phenoxy) is 1. The first-order valence-electron chi connectivity index (χ1n) is 7.12. The van der Waals surface area contributed by atoms with Crippen molar-refractivity contribution in [2.24, 2.45) is 0 Å². The van der Waals surface area contributed by atoms with Gasteiger partial charge in [-0.3, -0.25) is 4.90 Å². The number of hydrogen-bond donors (Lipinski definition) is 1. The molecule has 0 fully saturated rings. The summed E-state index contributed by atoms with van der Waals surface area (Å²) in [6, 6.07) is 7.68. The van der Waals surface area contributed by atoms with E-state index < -0.39 is 6.10 Å². The van der Waals surface area contributed by atoms with Crippen LogP contribution in [0.1, 0.15) is 25.0 Å². The molecule has 4 nitrogen and oxygen atoms in total. The van der Waals surface area contributed by atoms with Crippen LogP contribution in [0.3, 0.4) is 0 Å². The van der Waals surface area contributed by atoms with Gasteiger partial charge >= 0.3 is 5.97 Å². The van der Waals surface area contributed by atoms with Crippen LogP contribution in [0, 0.1) is 0 Å². The van der Waals surface area contributed by atoms with Crippen molar-refractivity contribution in [2.45, 2.75) is 19.4 Å². The number of carbonyl (C=O) groups excluding carboxylic acids is 1. The summed E-state index contributed by atoms with van der Waals surface area (Å²) in [5.74, 6) is -0.217. The molecule has 21 heavy (non-hydrogen) atoms. The number of rotatable bonds is 5. The second-order valence-electron chi connectivity index (χ2n) is 5.03. The molecule has 114 valence electrons. The van der Waals surface area contributed by atoms with Gasteiger partial charge < -0.3 is 9.84 Å². The number of carbonyl (C=O) groups is 1. The molecular weight excluding hydrogens is 334 g/mol. The van der Waals surface area contributed by atoms with Crippen LogP contribution in [0.15, 0.2) is 40.4 Å². The van der Waals surface area contributed by atoms with Gasteiger partial charge in [-0.15, -0.1) is 0 Å². The van der Waals surface area contributed by atoms with Gasteiger partial charge in [-0.1, -0.05) is 34.1 Å². The van der Waals surface area contributed by atoms with Gasteiger partial charge in [-0.05, 0) is 31.0 Å². The van der Waals surface area contributed by atoms with Crippen LogP contribution in [0.2, 0.25) is 0 Å². The molecule has 1 heterocycles. The first kappa shape index (κ1) is 16.2. The standard InChI is InChI=1S/C16H20BrNO3/c1-2-21-16(20)13-7-9-18(10-8-13)11-15(19)12-3-5-14(17)6-4-12/h3-7,15,19H,2,8-11H2,1H3/t15-/m0/s1. The number of nitrogens with zero attached hydrogens (tertiary/aromatic N) is 1. The molecule has 1 N–H and O–H groups in total. The molecule has 0 amide bonds. The van der Waals surface area contributed by atoms with E-state index in [9.17, 15) is 9.90 Å². The molecule has 1 aliphatic heterocycles. The fraction of sp³-hybridized carbons (Fsp3) is 0.438. The lowest BCUT2D eigenvalue weighted by Crippen LogP contribution is -2.34. The second kappa shape index (κ2) is 7.73. The monoisotopic (exact) mass is 353 g/mol. The summed E-state index contributed by atoms with van der Waals surface area (Å²) in [6.07, 6.45) is 2.05. The van der Waals surface area contributed by atoms with Crippen LogP contribution in [0.5, 0.6) is 0 Å². The Labute approximate surface area is 133 Å². The van der Waals surface area contributed by atoms with Crippen molar-refractivity contribution >= 4 is 21.9 Å². The lowest BCUT2D eigenvalue weighted by Gasteiger charge is -2.27. The quantitative estimate of drug-likeness (QED) is 0.826. The van der Waals surface area contributed by atoms with Gasteiger partial charge in [-0.2, -0.15) is 0 Å². The molecule has 2 rings (SSSR count). The zero-order valence-corrected chi connectivity index (χ0v) is 13.7. The summed E-state index contributed by atoms with van der Waals surface area (Å²) in [5.41, 5.74) is 1.64. The minimum absolute atomic E-state index is 0.217. The minimum atomic E-state index is -0.518. The van der Waals surface area contributed by atoms with E-state index in [-0.39, 0.29) is 5.97 Å². The Morgan fingerprint density at radius 2 is 2.14 bits per heavy atom. The van der Waals surface area contributed by atoms with Gasteiger partial charge in [-0.25, -0.2) is 4.79 Å². The third-order valence-electron chi connectivity index (χ3n) is 3.52. The highest BCUT2D eigenvalue weighted by atomic mass is 79.9. The molecule has 0 radical (unpaired) electrons. The topological polar surface area (TPSA) is 49.8 Å². The molecule has 0 aliphatic carbocycles. The Balaban J connectivity index is 1.88. The maximum Gasteiger partial charge on any atom is 0.333 e. The molecular formula is C16H20BrNO3. The predicted octanol–water partition coefficient (Wildman–Crippen LogP) is 2.68. The highest BCUT2D eigenvalue weighted by molar-refractivity contribution is 9.10. The van der Waals surface area contributed by atoms with Crippen LogP contribution in [-0.4, -0.2) is 42.2 Å². The zero-order chi connectivity index (χ0) is 15.2. The van der Waals surface area contributed by atoms with Gasteiger partial charge in [0.2, 0.25) is 0 Å². The number of esters is 1. The minimum Gasteiger partial charge on any atom is -0.463 e. The van der Waals surface area contributed by atoms with E-state index in [1.54, 1.807) is 0 Å². The normalized spacial score (nSPS) is 17.2. The van der Waals surface area contributed by atoms with E-state index in [0.717, 1.165) is 22.2 Å². The third-order valence-corrected chi connectivity index (χ3v) is 4.05. The van der Waals surface area contributed by atoms with Crippen molar-refractivity contribution in [3.63, 3.8) is 0 Å². The smallest absolute Gasteiger partial charge is 0.333 e. The van der Waals surface area contributed by atoms with E-state index in [0.29, 0.717) is 26.1 Å². The number of β-amino-alcohol motifs (C(OH)–C–C–N with tert-alkyl or cyclic N) is 1. The van der Waals surface area contributed by atoms with Crippen LogP contribution in [0.25, 0.3) is 0 Å². The molecule has 1 aromatic rings. The van der Waals surface area contributed by atoms with E-state index in [1.807, 2.05) is 37.3 Å². The Morgan fingerprint density at radius 3 is 2.71 bits per heavy atom. The predicted molar refractivity (Wildman–Crippen MR) is 84.9 cm³/mol. The maximum atomic E-state index is 11.6. The average Bonchev–Trinajstić information content (AvgIpc) is 2.49. The first-order valence-corrected chi connectivity index (χ1v) is 7.91. The highest BCUT2D eigenvalue weighted by Gasteiger charge is 2.20. The largest absolute Gasteiger partial charge is 0.463 e. The average molecular weight is 354 g/mol. The number of aliphatic hydroxyl groups is 1. The summed E-state index contributed by atoms with van der Waals surface area (Å²) in [5, 5.41) is 10.3. The Hall–Kier alpha value is -1.17. The van der Waals surface area contributed by atoms with Crippen molar-refractivity contribution in [3.05, 3.63) is 46.0 Å². The second-order valence-corrected chi connectivity index (χ2v) is 5.94. The summed E-state index contributed by atoms with van der Waals surface area (Å²) in [4.78, 5) is 13.8. The van der Waals surface area contributed by atoms with Crippen LogP contribution in [-0.2, 0) is 9.53 Å². The number of hydrogen-bond acceptors (Lipinski definition) is 4. The molecule has 1 aromatic carbocycles. The van der Waals surface area contributed by atoms with Crippen LogP contribution >= 0.6 is 15.9 Å². The van der Waals surface area contributed by atoms with Crippen molar-refractivity contribution < 1.29 is 14.6 Å². The van der Waals surface area contributed by atoms with Crippen molar-refractivity contribution in [2.75, 3.05) is 26.2 Å². The Morgan fingerprint density at radius 1 is 1.43 bits per heavy atom. The molecule has 0 spiro atoms. The van der Waals surface area contributed by atoms with Crippen LogP contribution < -0.4 is 0 Å². The third kappa shape index (κ3) is 4.66. The Bertz CT molecular complexity index is 513. The van der Waals surface area contributed by atoms with Crippen molar-refractivity contribution in [1.82, 2.24) is 4.90 Å². The molecule has 1 atom stereocenters. The van der Waals surface area contributed by atoms with Crippen molar-refractivity contribution in [3.8, 4) is 0 Å². The highest BCUT2D eigenvalue weighted by Crippen LogP contribution is 2.20. The van der Waals surface area contributed by atoms with Gasteiger partial charge in [0.1, 0.15) is 0 Å². The Kier molecular flexibility index (Phi) is 5.96. The SMILES string of the molecule is CCOC(=O)C1=CCN(C[C@H](O)c2ccc(Br)cc2)CC1. The molecule has 5 heteroatoms. The fourth-order valence-electron chi connectivity index (χ4n) is 2.32. The van der Waals surface area contributed by atoms with E-state index in [4.69, 9.17) is 4.74 Å². The summed E-state index contributed by atoms with van der Waals surface area (Å²) >= 11 is 3.38. The van der Waals surface area contributed by atoms with Gasteiger partial charge in [0.05, 0.1) is 12.7 Å². The summed E-state index contributed by atoms with van der Waals surface area (Å²) < 4.78 is 6.00. The van der Waals surface area contributed by atoms with Crippen molar-refractivity contribution in [1.29, 1.82) is 0 Å². The van der Waals surface area contributed by atoms with Gasteiger partial charge in [0.15, 0.2) is 0 Å². The number of benzene rings is 1. The molecule has 1 aliphatic rings. The van der Waals surface area contributed by atoms with E-state index >= 15 is 0 Å². The van der Waals surface area contributed by atoms with Crippen LogP contribution in [0.4, 0.5) is 0 Å². The lowest BCUT2D eigenvalue weighted by molar-refractivity contribution is -0.138. The van der Waals surface area contributed by atoms with E-state index in [2.05, 4.69) is 20.8 Å². The van der Waals surface area contributed by atoms with Gasteiger partial charge in [0, 0.05) is 29.7 Å². The summed E-state index contributed by atoms with van der Waals surface area (Å²) in [7, 11) is 0. The molecule has 0 saturated heterocycles. The zero-order valence-electron chi connectivity index (χ0n) is 12.1. The lowest BCUT2D eigenvalue weighted by atomic mass is 10.1. The molecule has 0 aromatic heterocycles. The molecule has 0 bridgehead atoms. The molecule has 0 saturated carbocycles. The van der Waals surface area contributed by atoms with E-state index in [1.165, 1.54) is 0 Å². The number of halogens is 1. The van der Waals surface area contributed by atoms with Gasteiger partial charge in [0.25, 0.3) is 0 Å². The maximum absolute atomic E-state index is 11.6. The fourth-order valence-corrected chi connectivity index (χ4v) is 2.59. The summed E-state index contributed by atoms with van der Waals surface area (Å²) in [6.45, 7) is 4.21.